The lowest BCUT2D eigenvalue weighted by atomic mass is 10.1. The molecule has 0 saturated heterocycles. The van der Waals surface area contributed by atoms with Crippen molar-refractivity contribution in [3.8, 4) is 0 Å². The summed E-state index contributed by atoms with van der Waals surface area (Å²) in [5.74, 6) is 0.470. The number of fused-ring (bicyclic) bond motifs is 1. The first-order valence-electron chi connectivity index (χ1n) is 6.28. The van der Waals surface area contributed by atoms with Gasteiger partial charge in [-0.15, -0.1) is 0 Å². The molecule has 19 heavy (non-hydrogen) atoms. The highest BCUT2D eigenvalue weighted by molar-refractivity contribution is 5.83. The van der Waals surface area contributed by atoms with Crippen LogP contribution in [0.1, 0.15) is 29.1 Å². The monoisotopic (exact) mass is 250 g/mol. The average molecular weight is 250 g/mol. The first kappa shape index (κ1) is 11.7. The first-order chi connectivity index (χ1) is 9.31. The third-order valence-electron chi connectivity index (χ3n) is 3.40. The molecule has 1 atom stereocenters. The zero-order chi connectivity index (χ0) is 13.2. The van der Waals surface area contributed by atoms with Gasteiger partial charge in [0.25, 0.3) is 0 Å². The Kier molecular flexibility index (Phi) is 2.88. The molecule has 0 saturated carbocycles. The van der Waals surface area contributed by atoms with Crippen molar-refractivity contribution in [2.24, 2.45) is 0 Å². The largest absolute Gasteiger partial charge is 0.314 e. The van der Waals surface area contributed by atoms with Crippen LogP contribution in [0.2, 0.25) is 0 Å². The molecule has 3 aromatic rings. The molecule has 3 rings (SSSR count). The second-order valence-corrected chi connectivity index (χ2v) is 4.53. The Bertz CT molecular complexity index is 716. The summed E-state index contributed by atoms with van der Waals surface area (Å²) in [6.45, 7) is 2.08. The summed E-state index contributed by atoms with van der Waals surface area (Å²) in [6, 6.07) is 18.0. The van der Waals surface area contributed by atoms with Gasteiger partial charge in [0.15, 0.2) is 12.1 Å². The van der Waals surface area contributed by atoms with Crippen LogP contribution in [-0.2, 0) is 0 Å². The number of para-hydroxylation sites is 2. The molecule has 1 aromatic heterocycles. The van der Waals surface area contributed by atoms with Crippen LogP contribution in [0, 0.1) is 0 Å². The quantitative estimate of drug-likeness (QED) is 0.667. The van der Waals surface area contributed by atoms with E-state index in [0.717, 1.165) is 22.9 Å². The Labute approximate surface area is 111 Å². The lowest BCUT2D eigenvalue weighted by Crippen LogP contribution is -2.10. The fraction of sp³-hybridized carbons (Fsp3) is 0.125. The molecule has 0 N–H and O–H groups in total. The number of carbonyl (C=O) groups is 1. The normalized spacial score (nSPS) is 12.5. The van der Waals surface area contributed by atoms with Crippen molar-refractivity contribution in [2.45, 2.75) is 13.0 Å². The standard InChI is InChI=1S/C16H14N2O/c1-12(13-7-3-2-4-8-13)18-15-10-6-5-9-14(15)17-16(18)11-19/h2-12H,1H3. The van der Waals surface area contributed by atoms with E-state index in [1.807, 2.05) is 47.0 Å². The van der Waals surface area contributed by atoms with Crippen molar-refractivity contribution in [3.05, 3.63) is 66.0 Å². The van der Waals surface area contributed by atoms with E-state index in [1.54, 1.807) is 0 Å². The van der Waals surface area contributed by atoms with Gasteiger partial charge in [0.1, 0.15) is 0 Å². The number of carbonyl (C=O) groups excluding carboxylic acids is 1. The summed E-state index contributed by atoms with van der Waals surface area (Å²) in [5.41, 5.74) is 3.00. The lowest BCUT2D eigenvalue weighted by Gasteiger charge is -2.16. The van der Waals surface area contributed by atoms with Gasteiger partial charge in [-0.1, -0.05) is 42.5 Å². The molecule has 0 radical (unpaired) electrons. The van der Waals surface area contributed by atoms with E-state index in [1.165, 1.54) is 0 Å². The lowest BCUT2D eigenvalue weighted by molar-refractivity contribution is 0.111. The zero-order valence-electron chi connectivity index (χ0n) is 10.7. The molecule has 0 aliphatic rings. The van der Waals surface area contributed by atoms with Gasteiger partial charge < -0.3 is 4.57 Å². The number of hydrogen-bond acceptors (Lipinski definition) is 2. The number of nitrogens with zero attached hydrogens (tertiary/aromatic N) is 2. The molecule has 3 nitrogen and oxygen atoms in total. The average Bonchev–Trinajstić information content (AvgIpc) is 2.86. The SMILES string of the molecule is CC(c1ccccc1)n1c(C=O)nc2ccccc21. The molecule has 0 aliphatic carbocycles. The maximum absolute atomic E-state index is 11.2. The summed E-state index contributed by atoms with van der Waals surface area (Å²) < 4.78 is 1.98. The fourth-order valence-electron chi connectivity index (χ4n) is 2.43. The van der Waals surface area contributed by atoms with Crippen LogP contribution in [0.25, 0.3) is 11.0 Å². The third-order valence-corrected chi connectivity index (χ3v) is 3.40. The highest BCUT2D eigenvalue weighted by Crippen LogP contribution is 2.25. The number of aromatic nitrogens is 2. The zero-order valence-corrected chi connectivity index (χ0v) is 10.7. The highest BCUT2D eigenvalue weighted by Gasteiger charge is 2.16. The molecular weight excluding hydrogens is 236 g/mol. The Balaban J connectivity index is 2.21. The maximum atomic E-state index is 11.2. The van der Waals surface area contributed by atoms with Gasteiger partial charge in [0.05, 0.1) is 17.1 Å². The van der Waals surface area contributed by atoms with E-state index in [4.69, 9.17) is 0 Å². The minimum absolute atomic E-state index is 0.0776. The Hall–Kier alpha value is -2.42. The summed E-state index contributed by atoms with van der Waals surface area (Å²) in [7, 11) is 0. The first-order valence-corrected chi connectivity index (χ1v) is 6.28. The highest BCUT2D eigenvalue weighted by atomic mass is 16.1. The van der Waals surface area contributed by atoms with Crippen molar-refractivity contribution < 1.29 is 4.79 Å². The molecule has 1 heterocycles. The predicted molar refractivity (Wildman–Crippen MR) is 75.4 cm³/mol. The van der Waals surface area contributed by atoms with Crippen LogP contribution < -0.4 is 0 Å². The molecular formula is C16H14N2O. The topological polar surface area (TPSA) is 34.9 Å². The van der Waals surface area contributed by atoms with E-state index < -0.39 is 0 Å². The molecule has 3 heteroatoms. The number of aldehydes is 1. The summed E-state index contributed by atoms with van der Waals surface area (Å²) in [4.78, 5) is 15.6. The fourth-order valence-corrected chi connectivity index (χ4v) is 2.43. The van der Waals surface area contributed by atoms with Gasteiger partial charge in [-0.05, 0) is 24.6 Å². The van der Waals surface area contributed by atoms with Crippen molar-refractivity contribution in [3.63, 3.8) is 0 Å². The molecule has 94 valence electrons. The van der Waals surface area contributed by atoms with Crippen LogP contribution in [0.15, 0.2) is 54.6 Å². The van der Waals surface area contributed by atoms with Gasteiger partial charge in [-0.2, -0.15) is 0 Å². The van der Waals surface area contributed by atoms with E-state index in [-0.39, 0.29) is 6.04 Å². The van der Waals surface area contributed by atoms with E-state index >= 15 is 0 Å². The summed E-state index contributed by atoms with van der Waals surface area (Å²) >= 11 is 0. The molecule has 0 amide bonds. The second kappa shape index (κ2) is 4.69. The van der Waals surface area contributed by atoms with Gasteiger partial charge in [-0.25, -0.2) is 4.98 Å². The Morgan fingerprint density at radius 3 is 2.47 bits per heavy atom. The van der Waals surface area contributed by atoms with Gasteiger partial charge in [0.2, 0.25) is 0 Å². The van der Waals surface area contributed by atoms with Crippen LogP contribution in [-0.4, -0.2) is 15.8 Å². The number of hydrogen-bond donors (Lipinski definition) is 0. The van der Waals surface area contributed by atoms with Gasteiger partial charge in [-0.3, -0.25) is 4.79 Å². The van der Waals surface area contributed by atoms with Crippen LogP contribution in [0.5, 0.6) is 0 Å². The number of rotatable bonds is 3. The Morgan fingerprint density at radius 1 is 1.05 bits per heavy atom. The van der Waals surface area contributed by atoms with E-state index in [2.05, 4.69) is 24.0 Å². The summed E-state index contributed by atoms with van der Waals surface area (Å²) in [5, 5.41) is 0. The van der Waals surface area contributed by atoms with Crippen molar-refractivity contribution in [1.29, 1.82) is 0 Å². The van der Waals surface area contributed by atoms with Crippen LogP contribution in [0.3, 0.4) is 0 Å². The van der Waals surface area contributed by atoms with Crippen molar-refractivity contribution in [1.82, 2.24) is 9.55 Å². The minimum atomic E-state index is 0.0776. The number of imidazole rings is 1. The van der Waals surface area contributed by atoms with E-state index in [0.29, 0.717) is 5.82 Å². The van der Waals surface area contributed by atoms with Crippen LogP contribution in [0.4, 0.5) is 0 Å². The van der Waals surface area contributed by atoms with Crippen molar-refractivity contribution >= 4 is 17.3 Å². The maximum Gasteiger partial charge on any atom is 0.185 e. The predicted octanol–water partition coefficient (Wildman–Crippen LogP) is 3.46. The molecule has 1 unspecified atom stereocenters. The van der Waals surface area contributed by atoms with Gasteiger partial charge >= 0.3 is 0 Å². The Morgan fingerprint density at radius 2 is 1.74 bits per heavy atom. The minimum Gasteiger partial charge on any atom is -0.314 e. The molecule has 0 bridgehead atoms. The third kappa shape index (κ3) is 1.93. The smallest absolute Gasteiger partial charge is 0.185 e. The molecule has 0 aliphatic heterocycles. The summed E-state index contributed by atoms with van der Waals surface area (Å²) in [6.07, 6.45) is 0.819. The number of benzene rings is 2. The molecule has 0 spiro atoms. The van der Waals surface area contributed by atoms with Crippen LogP contribution >= 0.6 is 0 Å². The van der Waals surface area contributed by atoms with E-state index in [9.17, 15) is 4.79 Å². The molecule has 0 fully saturated rings. The molecule has 2 aromatic carbocycles. The van der Waals surface area contributed by atoms with Crippen molar-refractivity contribution in [2.75, 3.05) is 0 Å². The van der Waals surface area contributed by atoms with Gasteiger partial charge in [0, 0.05) is 0 Å². The second-order valence-electron chi connectivity index (χ2n) is 4.53.